The van der Waals surface area contributed by atoms with Gasteiger partial charge in [-0.2, -0.15) is 37.9 Å². The molecule has 0 saturated carbocycles. The third-order valence-electron chi connectivity index (χ3n) is 6.38. The Morgan fingerprint density at radius 1 is 0.459 bits per heavy atom. The molecule has 0 heterocycles. The molecule has 0 bridgehead atoms. The highest BCUT2D eigenvalue weighted by atomic mass is 32.1. The normalized spacial score (nSPS) is 14.4. The lowest BCUT2D eigenvalue weighted by molar-refractivity contribution is 0.315. The van der Waals surface area contributed by atoms with E-state index in [1.54, 1.807) is 0 Å². The van der Waals surface area contributed by atoms with Crippen LogP contribution in [0.5, 0.6) is 17.2 Å². The summed E-state index contributed by atoms with van der Waals surface area (Å²) in [6, 6.07) is 25.1. The molecule has 0 aliphatic rings. The van der Waals surface area contributed by atoms with Gasteiger partial charge in [-0.3, -0.25) is 0 Å². The molecule has 3 unspecified atom stereocenters. The number of rotatable bonds is 15. The molecule has 3 atom stereocenters. The van der Waals surface area contributed by atoms with Crippen molar-refractivity contribution in [2.75, 3.05) is 19.8 Å². The summed E-state index contributed by atoms with van der Waals surface area (Å²) in [4.78, 5) is 0. The Hall–Kier alpha value is -1.89. The third-order valence-corrected chi connectivity index (χ3v) is 7.92. The second-order valence-corrected chi connectivity index (χ2v) is 11.5. The summed E-state index contributed by atoms with van der Waals surface area (Å²) in [7, 11) is 0. The van der Waals surface area contributed by atoms with Gasteiger partial charge in [0.25, 0.3) is 0 Å². The van der Waals surface area contributed by atoms with Crippen molar-refractivity contribution < 1.29 is 14.2 Å². The average Bonchev–Trinajstić information content (AvgIpc) is 2.95. The Bertz CT molecular complexity index is 902. The molecule has 0 aromatic heterocycles. The van der Waals surface area contributed by atoms with Crippen LogP contribution in [-0.2, 0) is 0 Å². The van der Waals surface area contributed by atoms with E-state index in [1.807, 2.05) is 36.4 Å². The first kappa shape index (κ1) is 29.7. The molecule has 37 heavy (non-hydrogen) atoms. The van der Waals surface area contributed by atoms with Gasteiger partial charge >= 0.3 is 0 Å². The van der Waals surface area contributed by atoms with E-state index in [4.69, 9.17) is 14.2 Å². The fraction of sp³-hybridized carbons (Fsp3) is 0.419. The minimum absolute atomic E-state index is 0.0620. The standard InChI is InChI=1S/C31H40O3S3/c1-4-28(35)19-32-25-13-7-22(8-14-25)31(23-9-15-26(16-10-23)33-20-29(36)5-2)24-11-17-27(18-12-24)34-21-30(37)6-3/h7-18,28-31,35-37H,4-6,19-21H2,1-3H3. The molecule has 0 radical (unpaired) electrons. The highest BCUT2D eigenvalue weighted by Crippen LogP contribution is 2.35. The van der Waals surface area contributed by atoms with Gasteiger partial charge in [-0.1, -0.05) is 57.2 Å². The zero-order valence-corrected chi connectivity index (χ0v) is 24.7. The third kappa shape index (κ3) is 9.42. The molecule has 200 valence electrons. The van der Waals surface area contributed by atoms with Crippen molar-refractivity contribution in [3.63, 3.8) is 0 Å². The van der Waals surface area contributed by atoms with Crippen molar-refractivity contribution in [2.24, 2.45) is 0 Å². The highest BCUT2D eigenvalue weighted by molar-refractivity contribution is 7.81. The number of hydrogen-bond donors (Lipinski definition) is 3. The summed E-state index contributed by atoms with van der Waals surface area (Å²) in [6.45, 7) is 8.14. The molecular weight excluding hydrogens is 517 g/mol. The maximum Gasteiger partial charge on any atom is 0.119 e. The van der Waals surface area contributed by atoms with Gasteiger partial charge in [-0.05, 0) is 72.4 Å². The molecule has 0 saturated heterocycles. The molecule has 0 aliphatic heterocycles. The van der Waals surface area contributed by atoms with Crippen LogP contribution >= 0.6 is 37.9 Å². The van der Waals surface area contributed by atoms with Crippen LogP contribution in [0.25, 0.3) is 0 Å². The Morgan fingerprint density at radius 3 is 0.919 bits per heavy atom. The van der Waals surface area contributed by atoms with E-state index >= 15 is 0 Å². The smallest absolute Gasteiger partial charge is 0.119 e. The molecule has 0 aliphatic carbocycles. The van der Waals surface area contributed by atoms with E-state index in [0.717, 1.165) is 36.5 Å². The summed E-state index contributed by atoms with van der Waals surface area (Å²) < 4.78 is 17.8. The largest absolute Gasteiger partial charge is 0.492 e. The van der Waals surface area contributed by atoms with Crippen molar-refractivity contribution in [2.45, 2.75) is 61.7 Å². The first-order valence-corrected chi connectivity index (χ1v) is 14.7. The van der Waals surface area contributed by atoms with Crippen LogP contribution in [0.2, 0.25) is 0 Å². The minimum Gasteiger partial charge on any atom is -0.492 e. The quantitative estimate of drug-likeness (QED) is 0.130. The summed E-state index contributed by atoms with van der Waals surface area (Å²) in [5.41, 5.74) is 3.57. The Kier molecular flexibility index (Phi) is 12.4. The van der Waals surface area contributed by atoms with Crippen molar-refractivity contribution >= 4 is 37.9 Å². The second kappa shape index (κ2) is 15.5. The van der Waals surface area contributed by atoms with E-state index in [0.29, 0.717) is 19.8 Å². The van der Waals surface area contributed by atoms with Crippen LogP contribution in [0.1, 0.15) is 62.6 Å². The first-order valence-electron chi connectivity index (χ1n) is 13.2. The summed E-state index contributed by atoms with van der Waals surface area (Å²) >= 11 is 13.6. The van der Waals surface area contributed by atoms with Gasteiger partial charge in [-0.25, -0.2) is 0 Å². The Labute approximate surface area is 239 Å². The maximum absolute atomic E-state index is 5.93. The first-order chi connectivity index (χ1) is 17.9. The van der Waals surface area contributed by atoms with Gasteiger partial charge < -0.3 is 14.2 Å². The van der Waals surface area contributed by atoms with Crippen LogP contribution in [0.4, 0.5) is 0 Å². The molecular formula is C31H40O3S3. The highest BCUT2D eigenvalue weighted by Gasteiger charge is 2.18. The second-order valence-electron chi connectivity index (χ2n) is 9.26. The summed E-state index contributed by atoms with van der Waals surface area (Å²) in [6.07, 6.45) is 2.93. The molecule has 3 aromatic carbocycles. The zero-order valence-electron chi connectivity index (χ0n) is 22.0. The fourth-order valence-electron chi connectivity index (χ4n) is 3.78. The number of hydrogen-bond acceptors (Lipinski definition) is 6. The van der Waals surface area contributed by atoms with Gasteiger partial charge in [0.1, 0.15) is 17.2 Å². The van der Waals surface area contributed by atoms with Gasteiger partial charge in [0.05, 0.1) is 19.8 Å². The van der Waals surface area contributed by atoms with Gasteiger partial charge in [0.15, 0.2) is 0 Å². The fourth-order valence-corrected chi connectivity index (χ4v) is 4.00. The molecule has 0 amide bonds. The van der Waals surface area contributed by atoms with Crippen molar-refractivity contribution in [3.05, 3.63) is 89.5 Å². The number of ether oxygens (including phenoxy) is 3. The molecule has 3 aromatic rings. The van der Waals surface area contributed by atoms with Gasteiger partial charge in [0.2, 0.25) is 0 Å². The topological polar surface area (TPSA) is 27.7 Å². The predicted octanol–water partition coefficient (Wildman–Crippen LogP) is 8.13. The van der Waals surface area contributed by atoms with E-state index in [-0.39, 0.29) is 21.7 Å². The lowest BCUT2D eigenvalue weighted by atomic mass is 9.85. The monoisotopic (exact) mass is 556 g/mol. The SMILES string of the molecule is CCC(S)COc1ccc(C(c2ccc(OCC(S)CC)cc2)c2ccc(OCC(S)CC)cc2)cc1. The summed E-state index contributed by atoms with van der Waals surface area (Å²) in [5.74, 6) is 2.64. The average molecular weight is 557 g/mol. The number of benzene rings is 3. The molecule has 0 fully saturated rings. The lowest BCUT2D eigenvalue weighted by Crippen LogP contribution is -2.11. The lowest BCUT2D eigenvalue weighted by Gasteiger charge is -2.21. The van der Waals surface area contributed by atoms with E-state index in [9.17, 15) is 0 Å². The van der Waals surface area contributed by atoms with Crippen molar-refractivity contribution in [1.29, 1.82) is 0 Å². The maximum atomic E-state index is 5.93. The predicted molar refractivity (Wildman–Crippen MR) is 166 cm³/mol. The van der Waals surface area contributed by atoms with Crippen LogP contribution in [0, 0.1) is 0 Å². The van der Waals surface area contributed by atoms with Crippen LogP contribution in [0.15, 0.2) is 72.8 Å². The van der Waals surface area contributed by atoms with Crippen molar-refractivity contribution in [1.82, 2.24) is 0 Å². The molecule has 3 rings (SSSR count). The molecule has 0 spiro atoms. The van der Waals surface area contributed by atoms with E-state index < -0.39 is 0 Å². The van der Waals surface area contributed by atoms with Crippen LogP contribution in [0.3, 0.4) is 0 Å². The van der Waals surface area contributed by atoms with Crippen LogP contribution in [-0.4, -0.2) is 35.6 Å². The minimum atomic E-state index is 0.0620. The molecule has 6 heteroatoms. The Balaban J connectivity index is 1.84. The van der Waals surface area contributed by atoms with Crippen LogP contribution < -0.4 is 14.2 Å². The van der Waals surface area contributed by atoms with Gasteiger partial charge in [-0.15, -0.1) is 0 Å². The van der Waals surface area contributed by atoms with E-state index in [2.05, 4.69) is 95.1 Å². The zero-order chi connectivity index (χ0) is 26.6. The van der Waals surface area contributed by atoms with Gasteiger partial charge in [0, 0.05) is 21.7 Å². The Morgan fingerprint density at radius 2 is 0.703 bits per heavy atom. The number of thiol groups is 3. The molecule has 0 N–H and O–H groups in total. The van der Waals surface area contributed by atoms with E-state index in [1.165, 1.54) is 16.7 Å². The van der Waals surface area contributed by atoms with Crippen molar-refractivity contribution in [3.8, 4) is 17.2 Å². The molecule has 3 nitrogen and oxygen atoms in total. The summed E-state index contributed by atoms with van der Waals surface area (Å²) in [5, 5.41) is 0.706.